The van der Waals surface area contributed by atoms with E-state index in [9.17, 15) is 27.6 Å². The number of methoxy groups -OCH3 is 1. The molecule has 1 amide bonds. The highest BCUT2D eigenvalue weighted by molar-refractivity contribution is 6.07. The largest absolute Gasteiger partial charge is 0.461 e. The Morgan fingerprint density at radius 3 is 2.42 bits per heavy atom. The Labute approximate surface area is 189 Å². The smallest absolute Gasteiger partial charge is 0.416 e. The molecule has 0 aliphatic heterocycles. The molecule has 0 aliphatic rings. The maximum Gasteiger partial charge on any atom is 0.416 e. The second kappa shape index (κ2) is 10.7. The third-order valence-electron chi connectivity index (χ3n) is 5.24. The summed E-state index contributed by atoms with van der Waals surface area (Å²) in [7, 11) is 1.41. The van der Waals surface area contributed by atoms with Gasteiger partial charge in [-0.05, 0) is 51.5 Å². The normalized spacial score (nSPS) is 12.4. The van der Waals surface area contributed by atoms with Crippen molar-refractivity contribution in [1.82, 2.24) is 9.88 Å². The number of carbonyl (C=O) groups excluding carboxylic acids is 3. The summed E-state index contributed by atoms with van der Waals surface area (Å²) >= 11 is 0. The van der Waals surface area contributed by atoms with Gasteiger partial charge in [0.05, 0.1) is 24.8 Å². The highest BCUT2D eigenvalue weighted by atomic mass is 19.4. The third-order valence-corrected chi connectivity index (χ3v) is 5.24. The zero-order chi connectivity index (χ0) is 24.9. The number of alkyl halides is 3. The van der Waals surface area contributed by atoms with Crippen molar-refractivity contribution in [2.75, 3.05) is 26.9 Å². The number of nitrogens with zero attached hydrogens (tertiary/aromatic N) is 1. The van der Waals surface area contributed by atoms with Crippen molar-refractivity contribution >= 4 is 17.7 Å². The first-order chi connectivity index (χ1) is 15.4. The Morgan fingerprint density at radius 1 is 1.18 bits per heavy atom. The molecule has 2 rings (SSSR count). The van der Waals surface area contributed by atoms with Crippen LogP contribution in [0.15, 0.2) is 24.3 Å². The molecule has 1 heterocycles. The van der Waals surface area contributed by atoms with E-state index in [0.29, 0.717) is 11.3 Å². The van der Waals surface area contributed by atoms with Gasteiger partial charge >= 0.3 is 12.1 Å². The fourth-order valence-electron chi connectivity index (χ4n) is 3.53. The van der Waals surface area contributed by atoms with Crippen LogP contribution in [0.3, 0.4) is 0 Å². The van der Waals surface area contributed by atoms with E-state index in [1.807, 2.05) is 0 Å². The fraction of sp³-hybridized carbons (Fsp3) is 0.435. The number of Topliss-reactive ketones (excluding diaryl/α,β-unsaturated/α-hetero) is 1. The van der Waals surface area contributed by atoms with E-state index in [2.05, 4.69) is 4.98 Å². The SMILES string of the molecule is CCOC(=O)c1[nH]c(C)c(C(=O)C(C)N(CCOC)C(=O)c2cccc(C(F)(F)F)c2)c1C. The lowest BCUT2D eigenvalue weighted by atomic mass is 9.99. The number of nitrogens with one attached hydrogen (secondary N) is 1. The van der Waals surface area contributed by atoms with E-state index in [-0.39, 0.29) is 36.6 Å². The maximum atomic E-state index is 13.4. The molecule has 0 bridgehead atoms. The number of aromatic amines is 1. The number of rotatable bonds is 9. The van der Waals surface area contributed by atoms with Crippen molar-refractivity contribution in [3.63, 3.8) is 0 Å². The molecular formula is C23H27F3N2O5. The zero-order valence-electron chi connectivity index (χ0n) is 19.1. The average molecular weight is 468 g/mol. The number of ether oxygens (including phenoxy) is 2. The van der Waals surface area contributed by atoms with E-state index in [0.717, 1.165) is 23.1 Å². The molecular weight excluding hydrogens is 441 g/mol. The molecule has 1 unspecified atom stereocenters. The summed E-state index contributed by atoms with van der Waals surface area (Å²) in [6, 6.07) is 2.99. The number of aromatic nitrogens is 1. The van der Waals surface area contributed by atoms with E-state index in [1.165, 1.54) is 20.1 Å². The minimum Gasteiger partial charge on any atom is -0.461 e. The van der Waals surface area contributed by atoms with E-state index in [4.69, 9.17) is 9.47 Å². The minimum absolute atomic E-state index is 0.0221. The number of H-pyrrole nitrogens is 1. The van der Waals surface area contributed by atoms with Gasteiger partial charge in [0.1, 0.15) is 5.69 Å². The van der Waals surface area contributed by atoms with Gasteiger partial charge in [-0.2, -0.15) is 13.2 Å². The van der Waals surface area contributed by atoms with Crippen molar-refractivity contribution < 1.29 is 37.0 Å². The first-order valence-corrected chi connectivity index (χ1v) is 10.3. The quantitative estimate of drug-likeness (QED) is 0.441. The van der Waals surface area contributed by atoms with Crippen molar-refractivity contribution in [3.05, 3.63) is 57.9 Å². The standard InChI is InChI=1S/C23H27F3N2O5/c1-6-33-22(31)19-13(2)18(14(3)27-19)20(29)15(4)28(10-11-32-5)21(30)16-8-7-9-17(12-16)23(24,25)26/h7-9,12,15,27H,6,10-11H2,1-5H3. The molecule has 7 nitrogen and oxygen atoms in total. The van der Waals surface area contributed by atoms with Crippen molar-refractivity contribution in [2.45, 2.75) is 39.9 Å². The summed E-state index contributed by atoms with van der Waals surface area (Å²) in [6.07, 6.45) is -4.61. The second-order valence-electron chi connectivity index (χ2n) is 7.46. The number of benzene rings is 1. The predicted molar refractivity (Wildman–Crippen MR) is 114 cm³/mol. The van der Waals surface area contributed by atoms with Gasteiger partial charge in [0, 0.05) is 30.5 Å². The first kappa shape index (κ1) is 26.1. The lowest BCUT2D eigenvalue weighted by Crippen LogP contribution is -2.45. The van der Waals surface area contributed by atoms with Crippen LogP contribution < -0.4 is 0 Å². The van der Waals surface area contributed by atoms with Crippen LogP contribution in [0.25, 0.3) is 0 Å². The summed E-state index contributed by atoms with van der Waals surface area (Å²) in [5.41, 5.74) is -0.000272. The number of esters is 1. The van der Waals surface area contributed by atoms with Crippen molar-refractivity contribution in [3.8, 4) is 0 Å². The average Bonchev–Trinajstić information content (AvgIpc) is 3.06. The van der Waals surface area contributed by atoms with E-state index >= 15 is 0 Å². The molecule has 1 aromatic heterocycles. The number of carbonyl (C=O) groups is 3. The molecule has 0 saturated heterocycles. The van der Waals surface area contributed by atoms with Crippen LogP contribution in [0.5, 0.6) is 0 Å². The highest BCUT2D eigenvalue weighted by Gasteiger charge is 2.34. The lowest BCUT2D eigenvalue weighted by molar-refractivity contribution is -0.137. The van der Waals surface area contributed by atoms with Gasteiger partial charge < -0.3 is 19.4 Å². The Morgan fingerprint density at radius 2 is 1.85 bits per heavy atom. The predicted octanol–water partition coefficient (Wildman–Crippen LogP) is 4.19. The van der Waals surface area contributed by atoms with Crippen LogP contribution >= 0.6 is 0 Å². The highest BCUT2D eigenvalue weighted by Crippen LogP contribution is 2.30. The fourth-order valence-corrected chi connectivity index (χ4v) is 3.53. The number of hydrogen-bond acceptors (Lipinski definition) is 5. The lowest BCUT2D eigenvalue weighted by Gasteiger charge is -2.28. The van der Waals surface area contributed by atoms with Crippen LogP contribution in [0.4, 0.5) is 13.2 Å². The molecule has 10 heteroatoms. The Bertz CT molecular complexity index is 1030. The summed E-state index contributed by atoms with van der Waals surface area (Å²) < 4.78 is 49.4. The van der Waals surface area contributed by atoms with Crippen LogP contribution in [0.1, 0.15) is 61.9 Å². The minimum atomic E-state index is -4.61. The number of aryl methyl sites for hydroxylation is 1. The van der Waals surface area contributed by atoms with Crippen LogP contribution in [-0.4, -0.2) is 60.5 Å². The van der Waals surface area contributed by atoms with Crippen LogP contribution in [0.2, 0.25) is 0 Å². The zero-order valence-corrected chi connectivity index (χ0v) is 19.1. The summed E-state index contributed by atoms with van der Waals surface area (Å²) in [6.45, 7) is 6.55. The topological polar surface area (TPSA) is 88.7 Å². The summed E-state index contributed by atoms with van der Waals surface area (Å²) in [4.78, 5) is 42.7. The molecule has 1 N–H and O–H groups in total. The van der Waals surface area contributed by atoms with Crippen molar-refractivity contribution in [2.24, 2.45) is 0 Å². The Kier molecular flexibility index (Phi) is 8.43. The molecule has 2 aromatic rings. The van der Waals surface area contributed by atoms with Crippen molar-refractivity contribution in [1.29, 1.82) is 0 Å². The van der Waals surface area contributed by atoms with E-state index in [1.54, 1.807) is 20.8 Å². The summed E-state index contributed by atoms with van der Waals surface area (Å²) in [5, 5.41) is 0. The van der Waals surface area contributed by atoms with Gasteiger partial charge in [0.15, 0.2) is 5.78 Å². The van der Waals surface area contributed by atoms with Crippen LogP contribution in [0, 0.1) is 13.8 Å². The van der Waals surface area contributed by atoms with Gasteiger partial charge in [-0.1, -0.05) is 6.07 Å². The first-order valence-electron chi connectivity index (χ1n) is 10.3. The van der Waals surface area contributed by atoms with Gasteiger partial charge in [0.25, 0.3) is 5.91 Å². The number of amides is 1. The molecule has 1 aromatic carbocycles. The third kappa shape index (κ3) is 5.81. The van der Waals surface area contributed by atoms with Gasteiger partial charge in [-0.3, -0.25) is 9.59 Å². The molecule has 1 atom stereocenters. The van der Waals surface area contributed by atoms with Gasteiger partial charge in [-0.25, -0.2) is 4.79 Å². The molecule has 0 saturated carbocycles. The molecule has 0 spiro atoms. The van der Waals surface area contributed by atoms with E-state index < -0.39 is 35.4 Å². The number of ketones is 1. The second-order valence-corrected chi connectivity index (χ2v) is 7.46. The Balaban J connectivity index is 2.42. The number of hydrogen-bond donors (Lipinski definition) is 1. The molecule has 0 aliphatic carbocycles. The molecule has 0 fully saturated rings. The Hall–Kier alpha value is -3.14. The molecule has 0 radical (unpaired) electrons. The maximum absolute atomic E-state index is 13.4. The van der Waals surface area contributed by atoms with Gasteiger partial charge in [-0.15, -0.1) is 0 Å². The van der Waals surface area contributed by atoms with Crippen LogP contribution in [-0.2, 0) is 15.7 Å². The summed E-state index contributed by atoms with van der Waals surface area (Å²) in [5.74, 6) is -1.82. The molecule has 180 valence electrons. The van der Waals surface area contributed by atoms with Gasteiger partial charge in [0.2, 0.25) is 0 Å². The molecule has 33 heavy (non-hydrogen) atoms. The number of halogens is 3. The monoisotopic (exact) mass is 468 g/mol.